The number of aliphatic carboxylic acids is 1. The second-order valence-corrected chi connectivity index (χ2v) is 6.57. The molecule has 2 N–H and O–H groups in total. The van der Waals surface area contributed by atoms with E-state index in [1.165, 1.54) is 0 Å². The normalized spacial score (nSPS) is 12.9. The lowest BCUT2D eigenvalue weighted by Gasteiger charge is -2.11. The molecule has 0 aromatic heterocycles. The quantitative estimate of drug-likeness (QED) is 0.575. The van der Waals surface area contributed by atoms with Gasteiger partial charge in [0.15, 0.2) is 0 Å². The molecular formula is C11H13ClN2O6S. The third-order valence-electron chi connectivity index (χ3n) is 2.56. The number of nitro benzene ring substituents is 1. The van der Waals surface area contributed by atoms with Crippen molar-refractivity contribution in [3.8, 4) is 0 Å². The second-order valence-electron chi connectivity index (χ2n) is 4.43. The van der Waals surface area contributed by atoms with Crippen molar-refractivity contribution in [2.75, 3.05) is 6.54 Å². The average molecular weight is 337 g/mol. The lowest BCUT2D eigenvalue weighted by molar-refractivity contribution is -0.385. The first-order chi connectivity index (χ1) is 9.63. The van der Waals surface area contributed by atoms with Crippen LogP contribution in [-0.2, 0) is 14.8 Å². The molecule has 0 bridgehead atoms. The molecule has 1 aromatic rings. The molecule has 1 rings (SSSR count). The molecule has 1 atom stereocenters. The maximum Gasteiger partial charge on any atom is 0.303 e. The Kier molecular flexibility index (Phi) is 5.64. The molecule has 0 saturated heterocycles. The van der Waals surface area contributed by atoms with Gasteiger partial charge in [0.25, 0.3) is 5.69 Å². The van der Waals surface area contributed by atoms with Gasteiger partial charge in [-0.3, -0.25) is 14.9 Å². The van der Waals surface area contributed by atoms with Crippen LogP contribution in [0.3, 0.4) is 0 Å². The number of carboxylic acids is 1. The number of nitrogens with one attached hydrogen (secondary N) is 1. The van der Waals surface area contributed by atoms with E-state index in [0.29, 0.717) is 0 Å². The standard InChI is InChI=1S/C11H13ClN2O6S/c1-7(4-11(15)16)6-13-21(19,20)10-5-8(14(17)18)2-3-9(10)12/h2-3,5,7,13H,4,6H2,1H3,(H,15,16). The molecular weight excluding hydrogens is 324 g/mol. The van der Waals surface area contributed by atoms with Crippen molar-refractivity contribution in [2.24, 2.45) is 5.92 Å². The number of rotatable bonds is 7. The lowest BCUT2D eigenvalue weighted by Crippen LogP contribution is -2.29. The Hall–Kier alpha value is -1.71. The summed E-state index contributed by atoms with van der Waals surface area (Å²) in [6, 6.07) is 3.07. The number of hydrogen-bond acceptors (Lipinski definition) is 5. The molecule has 116 valence electrons. The number of benzene rings is 1. The summed E-state index contributed by atoms with van der Waals surface area (Å²) in [4.78, 5) is 20.0. The molecule has 10 heteroatoms. The molecule has 0 heterocycles. The van der Waals surface area contributed by atoms with E-state index in [1.807, 2.05) is 0 Å². The zero-order valence-electron chi connectivity index (χ0n) is 10.9. The number of nitrogens with zero attached hydrogens (tertiary/aromatic N) is 1. The van der Waals surface area contributed by atoms with Gasteiger partial charge in [-0.25, -0.2) is 13.1 Å². The Morgan fingerprint density at radius 3 is 2.67 bits per heavy atom. The van der Waals surface area contributed by atoms with Gasteiger partial charge < -0.3 is 5.11 Å². The fourth-order valence-corrected chi connectivity index (χ4v) is 3.19. The van der Waals surface area contributed by atoms with Crippen molar-refractivity contribution in [1.82, 2.24) is 4.72 Å². The Morgan fingerprint density at radius 2 is 2.14 bits per heavy atom. The van der Waals surface area contributed by atoms with E-state index in [9.17, 15) is 23.3 Å². The Bertz CT molecular complexity index is 661. The molecule has 0 saturated carbocycles. The van der Waals surface area contributed by atoms with Gasteiger partial charge in [-0.05, 0) is 12.0 Å². The van der Waals surface area contributed by atoms with Gasteiger partial charge in [-0.1, -0.05) is 18.5 Å². The van der Waals surface area contributed by atoms with Crippen LogP contribution in [0.15, 0.2) is 23.1 Å². The van der Waals surface area contributed by atoms with Crippen LogP contribution in [0.2, 0.25) is 5.02 Å². The van der Waals surface area contributed by atoms with E-state index in [4.69, 9.17) is 16.7 Å². The summed E-state index contributed by atoms with van der Waals surface area (Å²) in [6.45, 7) is 1.44. The zero-order valence-corrected chi connectivity index (χ0v) is 12.5. The number of halogens is 1. The maximum absolute atomic E-state index is 12.1. The van der Waals surface area contributed by atoms with Gasteiger partial charge in [-0.15, -0.1) is 0 Å². The van der Waals surface area contributed by atoms with Crippen LogP contribution in [0, 0.1) is 16.0 Å². The highest BCUT2D eigenvalue weighted by molar-refractivity contribution is 7.89. The summed E-state index contributed by atoms with van der Waals surface area (Å²) in [5, 5.41) is 19.1. The highest BCUT2D eigenvalue weighted by Crippen LogP contribution is 2.26. The first-order valence-electron chi connectivity index (χ1n) is 5.79. The molecule has 0 radical (unpaired) electrons. The van der Waals surface area contributed by atoms with Gasteiger partial charge in [0, 0.05) is 25.1 Å². The molecule has 0 aliphatic heterocycles. The molecule has 0 amide bonds. The van der Waals surface area contributed by atoms with Crippen molar-refractivity contribution in [3.05, 3.63) is 33.3 Å². The van der Waals surface area contributed by atoms with E-state index >= 15 is 0 Å². The minimum atomic E-state index is -4.06. The van der Waals surface area contributed by atoms with E-state index in [2.05, 4.69) is 4.72 Å². The molecule has 0 aliphatic rings. The summed E-state index contributed by atoms with van der Waals surface area (Å²) >= 11 is 5.75. The third-order valence-corrected chi connectivity index (χ3v) is 4.47. The van der Waals surface area contributed by atoms with Crippen LogP contribution in [0.4, 0.5) is 5.69 Å². The minimum Gasteiger partial charge on any atom is -0.481 e. The number of non-ortho nitro benzene ring substituents is 1. The SMILES string of the molecule is CC(CNS(=O)(=O)c1cc([N+](=O)[O-])ccc1Cl)CC(=O)O. The highest BCUT2D eigenvalue weighted by Gasteiger charge is 2.22. The lowest BCUT2D eigenvalue weighted by atomic mass is 10.1. The van der Waals surface area contributed by atoms with E-state index < -0.39 is 37.4 Å². The predicted octanol–water partition coefficient (Wildman–Crippen LogP) is 1.64. The summed E-state index contributed by atoms with van der Waals surface area (Å²) in [7, 11) is -4.06. The zero-order chi connectivity index (χ0) is 16.2. The molecule has 0 spiro atoms. The van der Waals surface area contributed by atoms with Gasteiger partial charge >= 0.3 is 5.97 Å². The topological polar surface area (TPSA) is 127 Å². The summed E-state index contributed by atoms with van der Waals surface area (Å²) in [5.74, 6) is -1.48. The maximum atomic E-state index is 12.1. The van der Waals surface area contributed by atoms with Crippen LogP contribution in [-0.4, -0.2) is 31.0 Å². The highest BCUT2D eigenvalue weighted by atomic mass is 35.5. The molecule has 21 heavy (non-hydrogen) atoms. The van der Waals surface area contributed by atoms with Gasteiger partial charge in [-0.2, -0.15) is 0 Å². The molecule has 0 aliphatic carbocycles. The van der Waals surface area contributed by atoms with Crippen LogP contribution >= 0.6 is 11.6 Å². The molecule has 8 nitrogen and oxygen atoms in total. The van der Waals surface area contributed by atoms with E-state index in [0.717, 1.165) is 18.2 Å². The van der Waals surface area contributed by atoms with Crippen molar-refractivity contribution in [1.29, 1.82) is 0 Å². The Morgan fingerprint density at radius 1 is 1.52 bits per heavy atom. The average Bonchev–Trinajstić information content (AvgIpc) is 2.35. The van der Waals surface area contributed by atoms with Gasteiger partial charge in [0.05, 0.1) is 9.95 Å². The van der Waals surface area contributed by atoms with Crippen LogP contribution in [0.5, 0.6) is 0 Å². The van der Waals surface area contributed by atoms with Crippen molar-refractivity contribution < 1.29 is 23.2 Å². The van der Waals surface area contributed by atoms with Crippen LogP contribution in [0.1, 0.15) is 13.3 Å². The molecule has 1 unspecified atom stereocenters. The summed E-state index contributed by atoms with van der Waals surface area (Å²) in [6.07, 6.45) is -0.203. The van der Waals surface area contributed by atoms with E-state index in [1.54, 1.807) is 6.92 Å². The van der Waals surface area contributed by atoms with E-state index in [-0.39, 0.29) is 18.0 Å². The predicted molar refractivity (Wildman–Crippen MR) is 74.7 cm³/mol. The van der Waals surface area contributed by atoms with Crippen LogP contribution in [0.25, 0.3) is 0 Å². The van der Waals surface area contributed by atoms with Gasteiger partial charge in [0.1, 0.15) is 4.90 Å². The van der Waals surface area contributed by atoms with Crippen molar-refractivity contribution >= 4 is 33.3 Å². The summed E-state index contributed by atoms with van der Waals surface area (Å²) in [5.41, 5.74) is -0.404. The Labute approximate surface area is 125 Å². The van der Waals surface area contributed by atoms with Crippen LogP contribution < -0.4 is 4.72 Å². The number of sulfonamides is 1. The molecule has 0 fully saturated rings. The fourth-order valence-electron chi connectivity index (χ4n) is 1.51. The first kappa shape index (κ1) is 17.3. The monoisotopic (exact) mass is 336 g/mol. The third kappa shape index (κ3) is 4.96. The number of carboxylic acid groups (broad SMARTS) is 1. The smallest absolute Gasteiger partial charge is 0.303 e. The largest absolute Gasteiger partial charge is 0.481 e. The molecule has 1 aromatic carbocycles. The fraction of sp³-hybridized carbons (Fsp3) is 0.364. The second kappa shape index (κ2) is 6.83. The summed E-state index contributed by atoms with van der Waals surface area (Å²) < 4.78 is 26.3. The minimum absolute atomic E-state index is 0.117. The van der Waals surface area contributed by atoms with Gasteiger partial charge in [0.2, 0.25) is 10.0 Å². The number of nitro groups is 1. The first-order valence-corrected chi connectivity index (χ1v) is 7.65. The van der Waals surface area contributed by atoms with Crippen molar-refractivity contribution in [2.45, 2.75) is 18.2 Å². The number of hydrogen-bond donors (Lipinski definition) is 2. The number of carbonyl (C=O) groups is 1. The Balaban J connectivity index is 2.95. The van der Waals surface area contributed by atoms with Crippen molar-refractivity contribution in [3.63, 3.8) is 0 Å².